The van der Waals surface area contributed by atoms with Crippen LogP contribution in [0.25, 0.3) is 0 Å². The fraction of sp³-hybridized carbons (Fsp3) is 0.912. The molecular formula is C68H131NO5. The summed E-state index contributed by atoms with van der Waals surface area (Å²) in [5.41, 5.74) is 0. The van der Waals surface area contributed by atoms with Gasteiger partial charge >= 0.3 is 5.97 Å². The SMILES string of the molecule is CCCCCCCC/C=C\CCCCCCCCCCCC(=O)OCCCCCCCCCCCCCCCCCCCCC(=O)NC(CO)C(O)/C=C/CCCCCCCCCCCCCCCCCCCC. The van der Waals surface area contributed by atoms with E-state index in [4.69, 9.17) is 4.74 Å². The van der Waals surface area contributed by atoms with Crippen LogP contribution in [0.15, 0.2) is 24.3 Å². The molecule has 2 atom stereocenters. The van der Waals surface area contributed by atoms with Gasteiger partial charge in [0.2, 0.25) is 5.91 Å². The summed E-state index contributed by atoms with van der Waals surface area (Å²) in [6.45, 7) is 4.93. The van der Waals surface area contributed by atoms with E-state index in [2.05, 4.69) is 31.3 Å². The molecule has 0 saturated heterocycles. The van der Waals surface area contributed by atoms with Crippen molar-refractivity contribution in [2.24, 2.45) is 0 Å². The van der Waals surface area contributed by atoms with E-state index < -0.39 is 12.1 Å². The van der Waals surface area contributed by atoms with Crippen molar-refractivity contribution in [2.75, 3.05) is 13.2 Å². The number of esters is 1. The molecule has 0 aromatic rings. The van der Waals surface area contributed by atoms with E-state index in [1.165, 1.54) is 302 Å². The molecule has 0 rings (SSSR count). The van der Waals surface area contributed by atoms with Gasteiger partial charge in [0.05, 0.1) is 25.4 Å². The van der Waals surface area contributed by atoms with Gasteiger partial charge in [0.1, 0.15) is 0 Å². The van der Waals surface area contributed by atoms with Crippen LogP contribution in [-0.2, 0) is 14.3 Å². The maximum absolute atomic E-state index is 12.5. The molecule has 0 saturated carbocycles. The maximum atomic E-state index is 12.5. The van der Waals surface area contributed by atoms with Gasteiger partial charge in [0.25, 0.3) is 0 Å². The second kappa shape index (κ2) is 63.9. The normalized spacial score (nSPS) is 12.6. The van der Waals surface area contributed by atoms with Gasteiger partial charge < -0.3 is 20.3 Å². The minimum atomic E-state index is -0.848. The average Bonchev–Trinajstić information content (AvgIpc) is 3.40. The molecule has 0 bridgehead atoms. The summed E-state index contributed by atoms with van der Waals surface area (Å²) < 4.78 is 5.50. The molecule has 0 fully saturated rings. The van der Waals surface area contributed by atoms with Crippen molar-refractivity contribution in [1.29, 1.82) is 0 Å². The zero-order chi connectivity index (χ0) is 53.6. The summed E-state index contributed by atoms with van der Waals surface area (Å²) in [5, 5.41) is 23.2. The summed E-state index contributed by atoms with van der Waals surface area (Å²) in [7, 11) is 0. The maximum Gasteiger partial charge on any atom is 0.305 e. The smallest absolute Gasteiger partial charge is 0.305 e. The highest BCUT2D eigenvalue weighted by Crippen LogP contribution is 2.18. The lowest BCUT2D eigenvalue weighted by atomic mass is 10.0. The minimum absolute atomic E-state index is 0.00695. The van der Waals surface area contributed by atoms with E-state index in [-0.39, 0.29) is 18.5 Å². The van der Waals surface area contributed by atoms with Crippen molar-refractivity contribution in [3.63, 3.8) is 0 Å². The predicted molar refractivity (Wildman–Crippen MR) is 324 cm³/mol. The first kappa shape index (κ1) is 72.3. The van der Waals surface area contributed by atoms with Crippen LogP contribution in [0, 0.1) is 0 Å². The molecule has 3 N–H and O–H groups in total. The Morgan fingerprint density at radius 1 is 0.365 bits per heavy atom. The van der Waals surface area contributed by atoms with E-state index in [9.17, 15) is 19.8 Å². The zero-order valence-corrected chi connectivity index (χ0v) is 50.1. The van der Waals surface area contributed by atoms with E-state index in [1.54, 1.807) is 6.08 Å². The van der Waals surface area contributed by atoms with Crippen molar-refractivity contribution < 1.29 is 24.5 Å². The Morgan fingerprint density at radius 2 is 0.635 bits per heavy atom. The first-order valence-corrected chi connectivity index (χ1v) is 33.6. The summed E-state index contributed by atoms with van der Waals surface area (Å²) in [4.78, 5) is 24.6. The first-order valence-electron chi connectivity index (χ1n) is 33.6. The Hall–Kier alpha value is -1.66. The Balaban J connectivity index is 3.42. The number of amides is 1. The highest BCUT2D eigenvalue weighted by Gasteiger charge is 2.18. The van der Waals surface area contributed by atoms with Gasteiger partial charge in [-0.2, -0.15) is 0 Å². The Bertz CT molecular complexity index is 1150. The molecule has 0 aliphatic rings. The monoisotopic (exact) mass is 1040 g/mol. The minimum Gasteiger partial charge on any atom is -0.466 e. The highest BCUT2D eigenvalue weighted by atomic mass is 16.5. The number of hydrogen-bond donors (Lipinski definition) is 3. The van der Waals surface area contributed by atoms with Crippen LogP contribution in [0.1, 0.15) is 373 Å². The van der Waals surface area contributed by atoms with Crippen molar-refractivity contribution in [3.8, 4) is 0 Å². The molecule has 74 heavy (non-hydrogen) atoms. The molecule has 2 unspecified atom stereocenters. The Morgan fingerprint density at radius 3 is 0.959 bits per heavy atom. The zero-order valence-electron chi connectivity index (χ0n) is 50.1. The lowest BCUT2D eigenvalue weighted by Crippen LogP contribution is -2.45. The molecule has 0 aliphatic carbocycles. The third-order valence-electron chi connectivity index (χ3n) is 15.7. The van der Waals surface area contributed by atoms with Crippen molar-refractivity contribution in [1.82, 2.24) is 5.32 Å². The summed E-state index contributed by atoms with van der Waals surface area (Å²) in [6, 6.07) is -0.632. The second-order valence-corrected chi connectivity index (χ2v) is 23.2. The van der Waals surface area contributed by atoms with Gasteiger partial charge in [-0.15, -0.1) is 0 Å². The van der Waals surface area contributed by atoms with Crippen molar-refractivity contribution in [2.45, 2.75) is 386 Å². The second-order valence-electron chi connectivity index (χ2n) is 23.2. The largest absolute Gasteiger partial charge is 0.466 e. The van der Waals surface area contributed by atoms with Crippen LogP contribution >= 0.6 is 0 Å². The van der Waals surface area contributed by atoms with Crippen LogP contribution in [-0.4, -0.2) is 47.4 Å². The molecule has 0 aromatic heterocycles. The van der Waals surface area contributed by atoms with Crippen LogP contribution in [0.5, 0.6) is 0 Å². The number of carbonyl (C=O) groups is 2. The summed E-state index contributed by atoms with van der Waals surface area (Å²) in [6.07, 6.45) is 79.4. The molecule has 0 aromatic carbocycles. The number of hydrogen-bond acceptors (Lipinski definition) is 5. The van der Waals surface area contributed by atoms with E-state index >= 15 is 0 Å². The van der Waals surface area contributed by atoms with E-state index in [0.29, 0.717) is 19.4 Å². The lowest BCUT2D eigenvalue weighted by Gasteiger charge is -2.20. The number of unbranched alkanes of at least 4 members (excludes halogenated alkanes) is 50. The molecule has 0 spiro atoms. The molecule has 0 aliphatic heterocycles. The third kappa shape index (κ3) is 59.6. The van der Waals surface area contributed by atoms with Crippen LogP contribution in [0.4, 0.5) is 0 Å². The predicted octanol–water partition coefficient (Wildman–Crippen LogP) is 21.4. The summed E-state index contributed by atoms with van der Waals surface area (Å²) in [5.74, 6) is -0.0615. The molecule has 6 heteroatoms. The number of carbonyl (C=O) groups excluding carboxylic acids is 2. The van der Waals surface area contributed by atoms with E-state index in [1.807, 2.05) is 6.08 Å². The number of allylic oxidation sites excluding steroid dienone is 3. The van der Waals surface area contributed by atoms with Crippen LogP contribution in [0.3, 0.4) is 0 Å². The van der Waals surface area contributed by atoms with Gasteiger partial charge in [-0.3, -0.25) is 9.59 Å². The molecule has 0 radical (unpaired) electrons. The van der Waals surface area contributed by atoms with Gasteiger partial charge in [0.15, 0.2) is 0 Å². The molecule has 438 valence electrons. The molecule has 0 heterocycles. The van der Waals surface area contributed by atoms with Crippen molar-refractivity contribution >= 4 is 11.9 Å². The van der Waals surface area contributed by atoms with Gasteiger partial charge in [-0.25, -0.2) is 0 Å². The first-order chi connectivity index (χ1) is 36.5. The lowest BCUT2D eigenvalue weighted by molar-refractivity contribution is -0.143. The molecular weight excluding hydrogens is 911 g/mol. The number of ether oxygens (including phenoxy) is 1. The molecule has 6 nitrogen and oxygen atoms in total. The molecule has 1 amide bonds. The number of nitrogens with one attached hydrogen (secondary N) is 1. The fourth-order valence-corrected chi connectivity index (χ4v) is 10.6. The van der Waals surface area contributed by atoms with Gasteiger partial charge in [0, 0.05) is 12.8 Å². The number of aliphatic hydroxyl groups is 2. The summed E-state index contributed by atoms with van der Waals surface area (Å²) >= 11 is 0. The number of rotatable bonds is 63. The van der Waals surface area contributed by atoms with Crippen LogP contribution in [0.2, 0.25) is 0 Å². The van der Waals surface area contributed by atoms with Gasteiger partial charge in [-0.05, 0) is 57.8 Å². The highest BCUT2D eigenvalue weighted by molar-refractivity contribution is 5.76. The quantitative estimate of drug-likeness (QED) is 0.0320. The standard InChI is InChI=1S/C68H131NO5/c1-3-5-7-9-11-13-15-17-19-21-23-25-28-32-36-40-44-48-52-56-60-66(71)65(64-70)69-67(72)61-57-53-49-45-41-37-33-29-26-27-31-35-39-43-47-51-55-59-63-74-68(73)62-58-54-50-46-42-38-34-30-24-22-20-18-16-14-12-10-8-6-4-2/h18,20,56,60,65-66,70-71H,3-17,19,21-55,57-59,61-64H2,1-2H3,(H,69,72)/b20-18-,60-56+. The van der Waals surface area contributed by atoms with Crippen molar-refractivity contribution in [3.05, 3.63) is 24.3 Å². The van der Waals surface area contributed by atoms with Crippen LogP contribution < -0.4 is 5.32 Å². The topological polar surface area (TPSA) is 95.9 Å². The Labute approximate surface area is 462 Å². The Kier molecular flexibility index (Phi) is 62.4. The fourth-order valence-electron chi connectivity index (χ4n) is 10.6. The third-order valence-corrected chi connectivity index (χ3v) is 15.7. The van der Waals surface area contributed by atoms with Gasteiger partial charge in [-0.1, -0.05) is 327 Å². The van der Waals surface area contributed by atoms with E-state index in [0.717, 1.165) is 44.9 Å². The average molecular weight is 1040 g/mol. The number of aliphatic hydroxyl groups excluding tert-OH is 2.